The van der Waals surface area contributed by atoms with Crippen molar-refractivity contribution in [1.29, 1.82) is 0 Å². The average molecular weight is 248 g/mol. The van der Waals surface area contributed by atoms with Gasteiger partial charge in [-0.05, 0) is 25.8 Å². The van der Waals surface area contributed by atoms with Gasteiger partial charge in [0.2, 0.25) is 5.91 Å². The molecule has 0 spiro atoms. The predicted octanol–water partition coefficient (Wildman–Crippen LogP) is 1.69. The number of carbonyl (C=O) groups excluding carboxylic acids is 2. The van der Waals surface area contributed by atoms with E-state index in [1.54, 1.807) is 4.90 Å². The maximum absolute atomic E-state index is 12.2. The summed E-state index contributed by atoms with van der Waals surface area (Å²) in [6.07, 6.45) is 0.570. The number of hydrogen-bond acceptors (Lipinski definition) is 2. The quantitative estimate of drug-likeness (QED) is 0.764. The molecule has 1 saturated heterocycles. The largest absolute Gasteiger partial charge is 0.351 e. The third-order valence-corrected chi connectivity index (χ3v) is 3.82. The van der Waals surface area contributed by atoms with Gasteiger partial charge in [-0.25, -0.2) is 0 Å². The molecule has 2 rings (SSSR count). The Morgan fingerprint density at radius 2 is 2.11 bits per heavy atom. The molecule has 1 aromatic rings. The lowest BCUT2D eigenvalue weighted by atomic mass is 10.1. The minimum absolute atomic E-state index is 0.0404. The number of nitrogens with zero attached hydrogens (tertiary/aromatic N) is 2. The number of carbonyl (C=O) groups is 2. The van der Waals surface area contributed by atoms with Crippen LogP contribution in [0, 0.1) is 19.8 Å². The van der Waals surface area contributed by atoms with E-state index in [-0.39, 0.29) is 18.2 Å². The highest BCUT2D eigenvalue weighted by Crippen LogP contribution is 2.19. The molecule has 0 saturated carbocycles. The summed E-state index contributed by atoms with van der Waals surface area (Å²) in [6.45, 7) is 6.88. The lowest BCUT2D eigenvalue weighted by molar-refractivity contribution is -0.127. The van der Waals surface area contributed by atoms with Crippen molar-refractivity contribution in [3.8, 4) is 0 Å². The summed E-state index contributed by atoms with van der Waals surface area (Å²) in [5.41, 5.74) is 2.77. The minimum atomic E-state index is 0.0404. The number of rotatable bonds is 3. The summed E-state index contributed by atoms with van der Waals surface area (Å²) in [4.78, 5) is 25.6. The molecule has 1 aliphatic heterocycles. The molecule has 1 amide bonds. The predicted molar refractivity (Wildman–Crippen MR) is 69.6 cm³/mol. The Bertz CT molecular complexity index is 502. The lowest BCUT2D eigenvalue weighted by Gasteiger charge is -2.14. The Hall–Kier alpha value is -1.58. The van der Waals surface area contributed by atoms with Gasteiger partial charge in [0.15, 0.2) is 5.78 Å². The molecule has 98 valence electrons. The van der Waals surface area contributed by atoms with Crippen LogP contribution in [0.3, 0.4) is 0 Å². The zero-order chi connectivity index (χ0) is 13.4. The number of likely N-dealkylation sites (tertiary alicyclic amines) is 1. The molecule has 1 aliphatic rings. The molecule has 0 bridgehead atoms. The standard InChI is InChI=1S/C14H20N2O2/c1-9-5-14(18)16(7-9)8-13(17)12-6-10(2)15(4)11(12)3/h6,9H,5,7-8H2,1-4H3. The molecular formula is C14H20N2O2. The highest BCUT2D eigenvalue weighted by molar-refractivity contribution is 6.00. The molecule has 1 unspecified atom stereocenters. The Balaban J connectivity index is 2.13. The van der Waals surface area contributed by atoms with Crippen LogP contribution in [0.25, 0.3) is 0 Å². The van der Waals surface area contributed by atoms with E-state index in [1.165, 1.54) is 0 Å². The Morgan fingerprint density at radius 3 is 2.56 bits per heavy atom. The van der Waals surface area contributed by atoms with E-state index in [1.807, 2.05) is 38.5 Å². The van der Waals surface area contributed by atoms with Gasteiger partial charge in [0.05, 0.1) is 6.54 Å². The highest BCUT2D eigenvalue weighted by Gasteiger charge is 2.28. The fourth-order valence-corrected chi connectivity index (χ4v) is 2.52. The van der Waals surface area contributed by atoms with Gasteiger partial charge < -0.3 is 9.47 Å². The number of ketones is 1. The molecule has 18 heavy (non-hydrogen) atoms. The molecule has 1 fully saturated rings. The van der Waals surface area contributed by atoms with Gasteiger partial charge in [-0.15, -0.1) is 0 Å². The zero-order valence-corrected chi connectivity index (χ0v) is 11.5. The van der Waals surface area contributed by atoms with Crippen molar-refractivity contribution in [2.24, 2.45) is 13.0 Å². The average Bonchev–Trinajstić information content (AvgIpc) is 2.73. The summed E-state index contributed by atoms with van der Waals surface area (Å²) in [5.74, 6) is 0.503. The van der Waals surface area contributed by atoms with Crippen LogP contribution in [0.5, 0.6) is 0 Å². The maximum atomic E-state index is 12.2. The first-order chi connectivity index (χ1) is 8.40. The van der Waals surface area contributed by atoms with Crippen LogP contribution < -0.4 is 0 Å². The van der Waals surface area contributed by atoms with Crippen molar-refractivity contribution in [3.63, 3.8) is 0 Å². The second-order valence-electron chi connectivity index (χ2n) is 5.35. The van der Waals surface area contributed by atoms with E-state index < -0.39 is 0 Å². The fourth-order valence-electron chi connectivity index (χ4n) is 2.52. The summed E-state index contributed by atoms with van der Waals surface area (Å²) in [6, 6.07) is 1.90. The molecular weight excluding hydrogens is 228 g/mol. The minimum Gasteiger partial charge on any atom is -0.351 e. The molecule has 4 nitrogen and oxygen atoms in total. The van der Waals surface area contributed by atoms with Crippen molar-refractivity contribution in [2.75, 3.05) is 13.1 Å². The third-order valence-electron chi connectivity index (χ3n) is 3.82. The molecule has 2 heterocycles. The van der Waals surface area contributed by atoms with Gasteiger partial charge in [0, 0.05) is 37.0 Å². The van der Waals surface area contributed by atoms with Gasteiger partial charge in [-0.1, -0.05) is 6.92 Å². The summed E-state index contributed by atoms with van der Waals surface area (Å²) in [7, 11) is 1.95. The first kappa shape index (κ1) is 12.9. The molecule has 4 heteroatoms. The zero-order valence-electron chi connectivity index (χ0n) is 11.5. The van der Waals surface area contributed by atoms with Gasteiger partial charge in [0.1, 0.15) is 0 Å². The normalized spacial score (nSPS) is 19.7. The van der Waals surface area contributed by atoms with Gasteiger partial charge in [-0.3, -0.25) is 9.59 Å². The van der Waals surface area contributed by atoms with Crippen LogP contribution >= 0.6 is 0 Å². The van der Waals surface area contributed by atoms with Crippen LogP contribution in [0.4, 0.5) is 0 Å². The summed E-state index contributed by atoms with van der Waals surface area (Å²) < 4.78 is 2.00. The number of Topliss-reactive ketones (excluding diaryl/α,β-unsaturated/α-hetero) is 1. The van der Waals surface area contributed by atoms with Crippen LogP contribution in [0.15, 0.2) is 6.07 Å². The maximum Gasteiger partial charge on any atom is 0.223 e. The van der Waals surface area contributed by atoms with Crippen LogP contribution in [0.2, 0.25) is 0 Å². The number of hydrogen-bond donors (Lipinski definition) is 0. The second kappa shape index (κ2) is 4.59. The van der Waals surface area contributed by atoms with Crippen molar-refractivity contribution in [3.05, 3.63) is 23.0 Å². The number of amides is 1. The number of aromatic nitrogens is 1. The highest BCUT2D eigenvalue weighted by atomic mass is 16.2. The molecule has 0 N–H and O–H groups in total. The molecule has 0 aromatic carbocycles. The molecule has 0 radical (unpaired) electrons. The van der Waals surface area contributed by atoms with E-state index >= 15 is 0 Å². The van der Waals surface area contributed by atoms with Gasteiger partial charge in [-0.2, -0.15) is 0 Å². The Kier molecular flexibility index (Phi) is 3.28. The van der Waals surface area contributed by atoms with Crippen molar-refractivity contribution < 1.29 is 9.59 Å². The van der Waals surface area contributed by atoms with Crippen LogP contribution in [-0.2, 0) is 11.8 Å². The third kappa shape index (κ3) is 2.19. The second-order valence-corrected chi connectivity index (χ2v) is 5.35. The lowest BCUT2D eigenvalue weighted by Crippen LogP contribution is -2.31. The van der Waals surface area contributed by atoms with Crippen LogP contribution in [-0.4, -0.2) is 34.2 Å². The first-order valence-corrected chi connectivity index (χ1v) is 6.34. The van der Waals surface area contributed by atoms with E-state index in [4.69, 9.17) is 0 Å². The van der Waals surface area contributed by atoms with Gasteiger partial charge >= 0.3 is 0 Å². The first-order valence-electron chi connectivity index (χ1n) is 6.34. The molecule has 1 atom stereocenters. The topological polar surface area (TPSA) is 42.3 Å². The van der Waals surface area contributed by atoms with E-state index in [9.17, 15) is 9.59 Å². The Labute approximate surface area is 108 Å². The SMILES string of the molecule is Cc1cc(C(=O)CN2CC(C)CC2=O)c(C)n1C. The van der Waals surface area contributed by atoms with Crippen molar-refractivity contribution >= 4 is 11.7 Å². The van der Waals surface area contributed by atoms with E-state index in [0.29, 0.717) is 18.9 Å². The van der Waals surface area contributed by atoms with E-state index in [2.05, 4.69) is 0 Å². The van der Waals surface area contributed by atoms with Crippen molar-refractivity contribution in [2.45, 2.75) is 27.2 Å². The molecule has 1 aromatic heterocycles. The fraction of sp³-hybridized carbons (Fsp3) is 0.571. The Morgan fingerprint density at radius 1 is 1.44 bits per heavy atom. The van der Waals surface area contributed by atoms with Gasteiger partial charge in [0.25, 0.3) is 0 Å². The summed E-state index contributed by atoms with van der Waals surface area (Å²) in [5, 5.41) is 0. The monoisotopic (exact) mass is 248 g/mol. The van der Waals surface area contributed by atoms with Crippen LogP contribution in [0.1, 0.15) is 35.1 Å². The smallest absolute Gasteiger partial charge is 0.223 e. The van der Waals surface area contributed by atoms with E-state index in [0.717, 1.165) is 17.0 Å². The number of aryl methyl sites for hydroxylation is 1. The molecule has 0 aliphatic carbocycles. The summed E-state index contributed by atoms with van der Waals surface area (Å²) >= 11 is 0. The van der Waals surface area contributed by atoms with Crippen molar-refractivity contribution in [1.82, 2.24) is 9.47 Å².